The minimum atomic E-state index is -0.532. The third-order valence-electron chi connectivity index (χ3n) is 2.90. The van der Waals surface area contributed by atoms with Crippen molar-refractivity contribution in [3.63, 3.8) is 0 Å². The normalized spacial score (nSPS) is 12.8. The van der Waals surface area contributed by atoms with E-state index in [1.807, 2.05) is 6.20 Å². The molecule has 6 nitrogen and oxygen atoms in total. The Bertz CT molecular complexity index is 560. The number of aromatic nitrogens is 2. The number of thiophene rings is 1. The van der Waals surface area contributed by atoms with Crippen molar-refractivity contribution in [1.82, 2.24) is 14.8 Å². The molecule has 0 spiro atoms. The van der Waals surface area contributed by atoms with Gasteiger partial charge in [0, 0.05) is 34.5 Å². The molecule has 2 aromatic rings. The van der Waals surface area contributed by atoms with E-state index in [4.69, 9.17) is 4.84 Å². The van der Waals surface area contributed by atoms with Crippen LogP contribution in [0.2, 0.25) is 0 Å². The molecule has 2 rings (SSSR count). The number of halogens is 1. The van der Waals surface area contributed by atoms with Crippen LogP contribution in [-0.4, -0.2) is 46.8 Å². The van der Waals surface area contributed by atoms with Crippen molar-refractivity contribution in [2.75, 3.05) is 26.0 Å². The number of hydrogen-bond acceptors (Lipinski definition) is 6. The average molecular weight is 375 g/mol. The van der Waals surface area contributed by atoms with Gasteiger partial charge in [0.2, 0.25) is 0 Å². The van der Waals surface area contributed by atoms with Gasteiger partial charge in [-0.25, -0.2) is 0 Å². The number of aliphatic hydroxyl groups is 1. The lowest BCUT2D eigenvalue weighted by atomic mass is 10.3. The van der Waals surface area contributed by atoms with E-state index in [9.17, 15) is 5.11 Å². The van der Waals surface area contributed by atoms with Gasteiger partial charge >= 0.3 is 0 Å². The van der Waals surface area contributed by atoms with Gasteiger partial charge in [0.1, 0.15) is 0 Å². The zero-order chi connectivity index (χ0) is 15.2. The lowest BCUT2D eigenvalue weighted by Crippen LogP contribution is -2.31. The van der Waals surface area contributed by atoms with Gasteiger partial charge in [-0.15, -0.1) is 11.3 Å². The first-order chi connectivity index (χ1) is 10.1. The van der Waals surface area contributed by atoms with Crippen molar-refractivity contribution < 1.29 is 9.94 Å². The molecule has 2 aromatic heterocycles. The molecule has 0 aromatic carbocycles. The van der Waals surface area contributed by atoms with Crippen LogP contribution in [0.5, 0.6) is 0 Å². The molecule has 1 atom stereocenters. The fourth-order valence-electron chi connectivity index (χ4n) is 1.84. The number of likely N-dealkylation sites (N-methyl/N-ethyl adjacent to an activating group) is 1. The molecule has 0 aliphatic carbocycles. The van der Waals surface area contributed by atoms with Crippen LogP contribution in [0, 0.1) is 0 Å². The summed E-state index contributed by atoms with van der Waals surface area (Å²) in [5.41, 5.74) is 0.937. The third-order valence-corrected chi connectivity index (χ3v) is 4.60. The SMILES string of the molecule is CON(C)C[C@H](O)Cn1cc(NCc2cc(Br)cs2)cn1. The van der Waals surface area contributed by atoms with Crippen LogP contribution in [0.25, 0.3) is 0 Å². The topological polar surface area (TPSA) is 62.6 Å². The monoisotopic (exact) mass is 374 g/mol. The van der Waals surface area contributed by atoms with Crippen LogP contribution in [-0.2, 0) is 17.9 Å². The zero-order valence-corrected chi connectivity index (χ0v) is 14.4. The first kappa shape index (κ1) is 16.4. The Labute approximate surface area is 136 Å². The average Bonchev–Trinajstić information content (AvgIpc) is 3.05. The Hall–Kier alpha value is -0.930. The number of rotatable bonds is 8. The summed E-state index contributed by atoms with van der Waals surface area (Å²) in [6.07, 6.45) is 3.12. The molecular formula is C13H19BrN4O2S. The number of hydrogen-bond donors (Lipinski definition) is 2. The summed E-state index contributed by atoms with van der Waals surface area (Å²) in [5, 5.41) is 21.1. The number of aliphatic hydroxyl groups excluding tert-OH is 1. The number of nitrogens with one attached hydrogen (secondary N) is 1. The number of anilines is 1. The minimum Gasteiger partial charge on any atom is -0.390 e. The Morgan fingerprint density at radius 3 is 3.10 bits per heavy atom. The van der Waals surface area contributed by atoms with Crippen molar-refractivity contribution in [3.05, 3.63) is 33.2 Å². The van der Waals surface area contributed by atoms with Crippen molar-refractivity contribution in [1.29, 1.82) is 0 Å². The third kappa shape index (κ3) is 5.40. The molecule has 2 N–H and O–H groups in total. The summed E-state index contributed by atoms with van der Waals surface area (Å²) >= 11 is 5.14. The molecular weight excluding hydrogens is 356 g/mol. The fraction of sp³-hybridized carbons (Fsp3) is 0.462. The van der Waals surface area contributed by atoms with Gasteiger partial charge in [-0.05, 0) is 22.0 Å². The summed E-state index contributed by atoms with van der Waals surface area (Å²) in [6.45, 7) is 1.62. The van der Waals surface area contributed by atoms with E-state index in [0.29, 0.717) is 13.1 Å². The van der Waals surface area contributed by atoms with Crippen LogP contribution in [0.3, 0.4) is 0 Å². The predicted octanol–water partition coefficient (Wildman–Crippen LogP) is 2.17. The van der Waals surface area contributed by atoms with Gasteiger partial charge in [-0.3, -0.25) is 4.68 Å². The van der Waals surface area contributed by atoms with Crippen LogP contribution < -0.4 is 5.32 Å². The summed E-state index contributed by atoms with van der Waals surface area (Å²) in [4.78, 5) is 6.23. The summed E-state index contributed by atoms with van der Waals surface area (Å²) in [5.74, 6) is 0. The quantitative estimate of drug-likeness (QED) is 0.693. The standard InChI is InChI=1S/C13H19BrN4O2S/c1-17(20-2)7-12(19)8-18-6-11(4-16-18)15-5-13-3-10(14)9-21-13/h3-4,6,9,12,15,19H,5,7-8H2,1-2H3/t12-/m0/s1. The maximum absolute atomic E-state index is 9.92. The Kier molecular flexibility index (Phi) is 6.19. The van der Waals surface area contributed by atoms with Crippen LogP contribution in [0.4, 0.5) is 5.69 Å². The molecule has 0 radical (unpaired) electrons. The van der Waals surface area contributed by atoms with Gasteiger partial charge in [-0.1, -0.05) is 0 Å². The molecule has 21 heavy (non-hydrogen) atoms. The Morgan fingerprint density at radius 2 is 2.43 bits per heavy atom. The smallest absolute Gasteiger partial charge is 0.0885 e. The van der Waals surface area contributed by atoms with Gasteiger partial charge in [0.25, 0.3) is 0 Å². The van der Waals surface area contributed by atoms with E-state index in [1.165, 1.54) is 4.88 Å². The van der Waals surface area contributed by atoms with Crippen molar-refractivity contribution in [2.45, 2.75) is 19.2 Å². The molecule has 0 amide bonds. The van der Waals surface area contributed by atoms with Crippen molar-refractivity contribution in [2.24, 2.45) is 0 Å². The maximum atomic E-state index is 9.92. The zero-order valence-electron chi connectivity index (χ0n) is 12.0. The van der Waals surface area contributed by atoms with Crippen LogP contribution in [0.1, 0.15) is 4.88 Å². The van der Waals surface area contributed by atoms with E-state index >= 15 is 0 Å². The molecule has 0 aliphatic rings. The van der Waals surface area contributed by atoms with E-state index in [2.05, 4.69) is 37.8 Å². The summed E-state index contributed by atoms with van der Waals surface area (Å²) in [6, 6.07) is 2.09. The minimum absolute atomic E-state index is 0.430. The molecule has 0 bridgehead atoms. The maximum Gasteiger partial charge on any atom is 0.0885 e. The second-order valence-corrected chi connectivity index (χ2v) is 6.59. The van der Waals surface area contributed by atoms with E-state index in [1.54, 1.807) is 41.4 Å². The van der Waals surface area contributed by atoms with Gasteiger partial charge < -0.3 is 15.3 Å². The van der Waals surface area contributed by atoms with Crippen LogP contribution in [0.15, 0.2) is 28.3 Å². The molecule has 0 unspecified atom stereocenters. The molecule has 0 saturated heterocycles. The molecule has 0 fully saturated rings. The van der Waals surface area contributed by atoms with Crippen LogP contribution >= 0.6 is 27.3 Å². The second-order valence-electron chi connectivity index (χ2n) is 4.68. The van der Waals surface area contributed by atoms with Gasteiger partial charge in [-0.2, -0.15) is 10.2 Å². The first-order valence-corrected chi connectivity index (χ1v) is 8.16. The summed E-state index contributed by atoms with van der Waals surface area (Å²) < 4.78 is 2.83. The predicted molar refractivity (Wildman–Crippen MR) is 87.2 cm³/mol. The molecule has 0 aliphatic heterocycles. The molecule has 0 saturated carbocycles. The van der Waals surface area contributed by atoms with E-state index < -0.39 is 6.10 Å². The molecule has 8 heteroatoms. The first-order valence-electron chi connectivity index (χ1n) is 6.49. The fourth-order valence-corrected chi connectivity index (χ4v) is 3.23. The summed E-state index contributed by atoms with van der Waals surface area (Å²) in [7, 11) is 3.35. The number of nitrogens with zero attached hydrogens (tertiary/aromatic N) is 3. The Morgan fingerprint density at radius 1 is 1.62 bits per heavy atom. The highest BCUT2D eigenvalue weighted by molar-refractivity contribution is 9.10. The molecule has 116 valence electrons. The highest BCUT2D eigenvalue weighted by atomic mass is 79.9. The van der Waals surface area contributed by atoms with E-state index in [-0.39, 0.29) is 0 Å². The highest BCUT2D eigenvalue weighted by Crippen LogP contribution is 2.20. The lowest BCUT2D eigenvalue weighted by Gasteiger charge is -2.17. The second kappa shape index (κ2) is 7.90. The molecule has 2 heterocycles. The van der Waals surface area contributed by atoms with Crippen molar-refractivity contribution in [3.8, 4) is 0 Å². The lowest BCUT2D eigenvalue weighted by molar-refractivity contribution is -0.129. The van der Waals surface area contributed by atoms with Gasteiger partial charge in [0.15, 0.2) is 0 Å². The Balaban J connectivity index is 1.80. The largest absolute Gasteiger partial charge is 0.390 e. The van der Waals surface area contributed by atoms with Crippen molar-refractivity contribution >= 4 is 33.0 Å². The number of hydroxylamine groups is 2. The highest BCUT2D eigenvalue weighted by Gasteiger charge is 2.09. The van der Waals surface area contributed by atoms with E-state index in [0.717, 1.165) is 16.7 Å². The van der Waals surface area contributed by atoms with Gasteiger partial charge in [0.05, 0.1) is 38.2 Å².